The van der Waals surface area contributed by atoms with Crippen molar-refractivity contribution in [1.82, 2.24) is 15.3 Å². The molecule has 1 heterocycles. The van der Waals surface area contributed by atoms with Crippen molar-refractivity contribution in [2.75, 3.05) is 19.0 Å². The van der Waals surface area contributed by atoms with Gasteiger partial charge >= 0.3 is 5.97 Å². The summed E-state index contributed by atoms with van der Waals surface area (Å²) in [7, 11) is 1.26. The summed E-state index contributed by atoms with van der Waals surface area (Å²) >= 11 is 0. The van der Waals surface area contributed by atoms with Crippen LogP contribution in [0.25, 0.3) is 0 Å². The number of carbonyl (C=O) groups excluding carboxylic acids is 2. The fourth-order valence-electron chi connectivity index (χ4n) is 1.44. The first-order chi connectivity index (χ1) is 8.97. The summed E-state index contributed by atoms with van der Waals surface area (Å²) in [6.07, 6.45) is 0. The highest BCUT2D eigenvalue weighted by molar-refractivity contribution is 5.86. The number of amides is 1. The molecule has 1 aromatic rings. The number of esters is 1. The van der Waals surface area contributed by atoms with Crippen molar-refractivity contribution in [3.63, 3.8) is 0 Å². The molecule has 19 heavy (non-hydrogen) atoms. The Labute approximate surface area is 111 Å². The largest absolute Gasteiger partial charge is 0.463 e. The summed E-state index contributed by atoms with van der Waals surface area (Å²) in [6, 6.07) is 1.20. The van der Waals surface area contributed by atoms with Gasteiger partial charge in [-0.1, -0.05) is 0 Å². The van der Waals surface area contributed by atoms with Crippen molar-refractivity contribution in [3.05, 3.63) is 17.6 Å². The lowest BCUT2D eigenvalue weighted by molar-refractivity contribution is -0.121. The molecular weight excluding hydrogens is 248 g/mol. The highest BCUT2D eigenvalue weighted by atomic mass is 16.5. The fraction of sp³-hybridized carbons (Fsp3) is 0.500. The summed E-state index contributed by atoms with van der Waals surface area (Å²) in [4.78, 5) is 31.0. The molecule has 0 saturated heterocycles. The van der Waals surface area contributed by atoms with Crippen LogP contribution >= 0.6 is 0 Å². The minimum atomic E-state index is -0.614. The lowest BCUT2D eigenvalue weighted by Crippen LogP contribution is -2.37. The minimum absolute atomic E-state index is 0.0342. The van der Waals surface area contributed by atoms with Crippen molar-refractivity contribution in [2.45, 2.75) is 26.8 Å². The number of methoxy groups -OCH3 is 1. The SMILES string of the molecule is CCNC(=O)C(C)Nc1cc(C)nc(C(=O)OC)n1. The molecule has 0 aliphatic rings. The van der Waals surface area contributed by atoms with E-state index < -0.39 is 12.0 Å². The number of nitrogens with one attached hydrogen (secondary N) is 2. The molecule has 0 saturated carbocycles. The van der Waals surface area contributed by atoms with Gasteiger partial charge in [-0.3, -0.25) is 4.79 Å². The first kappa shape index (κ1) is 14.9. The molecule has 0 aromatic carbocycles. The molecule has 1 amide bonds. The fourth-order valence-corrected chi connectivity index (χ4v) is 1.44. The van der Waals surface area contributed by atoms with Crippen LogP contribution in [0, 0.1) is 6.92 Å². The predicted octanol–water partition coefficient (Wildman–Crippen LogP) is 0.508. The summed E-state index contributed by atoms with van der Waals surface area (Å²) in [5.74, 6) is -0.379. The second-order valence-electron chi connectivity index (χ2n) is 3.97. The third-order valence-corrected chi connectivity index (χ3v) is 2.33. The molecule has 1 atom stereocenters. The molecule has 0 aliphatic carbocycles. The summed E-state index contributed by atoms with van der Waals surface area (Å²) < 4.78 is 4.57. The van der Waals surface area contributed by atoms with Gasteiger partial charge in [0.2, 0.25) is 11.7 Å². The van der Waals surface area contributed by atoms with E-state index in [1.165, 1.54) is 7.11 Å². The molecule has 0 bridgehead atoms. The van der Waals surface area contributed by atoms with Gasteiger partial charge in [-0.05, 0) is 20.8 Å². The van der Waals surface area contributed by atoms with Gasteiger partial charge in [0.25, 0.3) is 0 Å². The zero-order chi connectivity index (χ0) is 14.4. The molecule has 7 heteroatoms. The van der Waals surface area contributed by atoms with E-state index in [2.05, 4.69) is 25.3 Å². The van der Waals surface area contributed by atoms with E-state index >= 15 is 0 Å². The van der Waals surface area contributed by atoms with Gasteiger partial charge < -0.3 is 15.4 Å². The van der Waals surface area contributed by atoms with Crippen molar-refractivity contribution in [2.24, 2.45) is 0 Å². The standard InChI is InChI=1S/C12H18N4O3/c1-5-13-11(17)8(3)15-9-6-7(2)14-10(16-9)12(18)19-4/h6,8H,5H2,1-4H3,(H,13,17)(H,14,15,16). The van der Waals surface area contributed by atoms with Gasteiger partial charge in [0.05, 0.1) is 7.11 Å². The molecule has 1 unspecified atom stereocenters. The van der Waals surface area contributed by atoms with Gasteiger partial charge in [-0.25, -0.2) is 14.8 Å². The van der Waals surface area contributed by atoms with Crippen LogP contribution in [0.4, 0.5) is 5.82 Å². The first-order valence-electron chi connectivity index (χ1n) is 5.96. The maximum absolute atomic E-state index is 11.6. The third-order valence-electron chi connectivity index (χ3n) is 2.33. The number of rotatable bonds is 5. The molecule has 104 valence electrons. The average molecular weight is 266 g/mol. The Morgan fingerprint density at radius 3 is 2.68 bits per heavy atom. The molecule has 2 N–H and O–H groups in total. The number of aryl methyl sites for hydroxylation is 1. The highest BCUT2D eigenvalue weighted by Gasteiger charge is 2.15. The van der Waals surface area contributed by atoms with Crippen LogP contribution in [-0.2, 0) is 9.53 Å². The van der Waals surface area contributed by atoms with Crippen LogP contribution in [0.2, 0.25) is 0 Å². The highest BCUT2D eigenvalue weighted by Crippen LogP contribution is 2.08. The molecule has 0 aliphatic heterocycles. The van der Waals surface area contributed by atoms with Crippen LogP contribution in [0.5, 0.6) is 0 Å². The van der Waals surface area contributed by atoms with Crippen molar-refractivity contribution in [3.8, 4) is 0 Å². The second kappa shape index (κ2) is 6.67. The minimum Gasteiger partial charge on any atom is -0.463 e. The Bertz CT molecular complexity index is 476. The van der Waals surface area contributed by atoms with Crippen molar-refractivity contribution < 1.29 is 14.3 Å². The van der Waals surface area contributed by atoms with E-state index in [4.69, 9.17) is 0 Å². The topological polar surface area (TPSA) is 93.2 Å². The molecule has 0 spiro atoms. The van der Waals surface area contributed by atoms with E-state index in [-0.39, 0.29) is 11.7 Å². The molecular formula is C12H18N4O3. The lowest BCUT2D eigenvalue weighted by Gasteiger charge is -2.14. The van der Waals surface area contributed by atoms with E-state index in [0.717, 1.165) is 0 Å². The normalized spacial score (nSPS) is 11.6. The van der Waals surface area contributed by atoms with Gasteiger partial charge in [-0.15, -0.1) is 0 Å². The van der Waals surface area contributed by atoms with Crippen LogP contribution in [0.1, 0.15) is 30.2 Å². The number of likely N-dealkylation sites (N-methyl/N-ethyl adjacent to an activating group) is 1. The number of hydrogen-bond donors (Lipinski definition) is 2. The van der Waals surface area contributed by atoms with E-state index in [9.17, 15) is 9.59 Å². The number of aromatic nitrogens is 2. The summed E-state index contributed by atoms with van der Waals surface area (Å²) in [5.41, 5.74) is 0.612. The monoisotopic (exact) mass is 266 g/mol. The Balaban J connectivity index is 2.86. The van der Waals surface area contributed by atoms with E-state index in [0.29, 0.717) is 18.1 Å². The number of hydrogen-bond acceptors (Lipinski definition) is 6. The molecule has 0 radical (unpaired) electrons. The molecule has 1 aromatic heterocycles. The second-order valence-corrected chi connectivity index (χ2v) is 3.97. The van der Waals surface area contributed by atoms with Gasteiger partial charge in [0, 0.05) is 18.3 Å². The number of anilines is 1. The van der Waals surface area contributed by atoms with Crippen LogP contribution < -0.4 is 10.6 Å². The van der Waals surface area contributed by atoms with Gasteiger partial charge in [0.1, 0.15) is 11.9 Å². The molecule has 7 nitrogen and oxygen atoms in total. The van der Waals surface area contributed by atoms with Crippen LogP contribution in [0.3, 0.4) is 0 Å². The zero-order valence-electron chi connectivity index (χ0n) is 11.5. The van der Waals surface area contributed by atoms with Crippen LogP contribution in [-0.4, -0.2) is 41.5 Å². The Morgan fingerprint density at radius 2 is 2.11 bits per heavy atom. The first-order valence-corrected chi connectivity index (χ1v) is 5.96. The van der Waals surface area contributed by atoms with E-state index in [1.807, 2.05) is 6.92 Å². The van der Waals surface area contributed by atoms with Gasteiger partial charge in [-0.2, -0.15) is 0 Å². The van der Waals surface area contributed by atoms with Crippen LogP contribution in [0.15, 0.2) is 6.07 Å². The Kier molecular flexibility index (Phi) is 5.23. The average Bonchev–Trinajstić information content (AvgIpc) is 2.37. The number of nitrogens with zero attached hydrogens (tertiary/aromatic N) is 2. The lowest BCUT2D eigenvalue weighted by atomic mass is 10.3. The van der Waals surface area contributed by atoms with Crippen molar-refractivity contribution in [1.29, 1.82) is 0 Å². The predicted molar refractivity (Wildman–Crippen MR) is 69.9 cm³/mol. The summed E-state index contributed by atoms with van der Waals surface area (Å²) in [6.45, 7) is 5.84. The van der Waals surface area contributed by atoms with Crippen molar-refractivity contribution >= 4 is 17.7 Å². The Hall–Kier alpha value is -2.18. The zero-order valence-corrected chi connectivity index (χ0v) is 11.5. The number of carbonyl (C=O) groups is 2. The summed E-state index contributed by atoms with van der Waals surface area (Å²) in [5, 5.41) is 5.61. The third kappa shape index (κ3) is 4.20. The Morgan fingerprint density at radius 1 is 1.42 bits per heavy atom. The maximum Gasteiger partial charge on any atom is 0.376 e. The smallest absolute Gasteiger partial charge is 0.376 e. The quantitative estimate of drug-likeness (QED) is 0.754. The molecule has 0 fully saturated rings. The van der Waals surface area contributed by atoms with E-state index in [1.54, 1.807) is 19.9 Å². The number of ether oxygens (including phenoxy) is 1. The molecule has 1 rings (SSSR count). The maximum atomic E-state index is 11.6. The van der Waals surface area contributed by atoms with Gasteiger partial charge in [0.15, 0.2) is 0 Å².